The maximum absolute atomic E-state index is 12.0. The Labute approximate surface area is 118 Å². The number of amides is 1. The summed E-state index contributed by atoms with van der Waals surface area (Å²) < 4.78 is 0. The van der Waals surface area contributed by atoms with Gasteiger partial charge in [-0.25, -0.2) is 0 Å². The highest BCUT2D eigenvalue weighted by Crippen LogP contribution is 2.24. The molecule has 3 N–H and O–H groups in total. The molecule has 0 saturated carbocycles. The van der Waals surface area contributed by atoms with Crippen LogP contribution < -0.4 is 5.32 Å². The molecule has 0 heterocycles. The number of carbonyl (C=O) groups is 1. The largest absolute Gasteiger partial charge is 0.367 e. The van der Waals surface area contributed by atoms with Crippen molar-refractivity contribution in [2.24, 2.45) is 5.41 Å². The van der Waals surface area contributed by atoms with Crippen molar-refractivity contribution < 1.29 is 15.0 Å². The number of benzene rings is 1. The number of aliphatic hydroxyl groups excluding tert-OH is 1. The van der Waals surface area contributed by atoms with Crippen molar-refractivity contribution in [3.8, 4) is 0 Å². The molecule has 0 aliphatic carbocycles. The van der Waals surface area contributed by atoms with Gasteiger partial charge >= 0.3 is 0 Å². The van der Waals surface area contributed by atoms with Crippen molar-refractivity contribution in [3.63, 3.8) is 0 Å². The number of thioether (sulfide) groups is 1. The number of nitrogens with one attached hydrogen (secondary N) is 1. The molecule has 1 aromatic carbocycles. The van der Waals surface area contributed by atoms with Gasteiger partial charge in [0.25, 0.3) is 0 Å². The van der Waals surface area contributed by atoms with Gasteiger partial charge in [0.1, 0.15) is 0 Å². The lowest BCUT2D eigenvalue weighted by Gasteiger charge is -2.21. The van der Waals surface area contributed by atoms with E-state index in [4.69, 9.17) is 10.2 Å². The molecule has 19 heavy (non-hydrogen) atoms. The van der Waals surface area contributed by atoms with E-state index in [1.807, 2.05) is 45.0 Å². The van der Waals surface area contributed by atoms with Crippen LogP contribution in [0.5, 0.6) is 0 Å². The first kappa shape index (κ1) is 16.0. The molecule has 0 bridgehead atoms. The van der Waals surface area contributed by atoms with Crippen LogP contribution in [0.15, 0.2) is 29.2 Å². The number of hydrogen-bond donors (Lipinski definition) is 3. The molecule has 0 fully saturated rings. The van der Waals surface area contributed by atoms with E-state index in [1.54, 1.807) is 0 Å². The fourth-order valence-electron chi connectivity index (χ4n) is 1.27. The third-order valence-electron chi connectivity index (χ3n) is 3.01. The summed E-state index contributed by atoms with van der Waals surface area (Å²) in [5.74, 6) is 0.232. The lowest BCUT2D eigenvalue weighted by Crippen LogP contribution is -2.29. The second kappa shape index (κ2) is 6.93. The molecular formula is C14H21NO3S. The normalized spacial score (nSPS) is 11.7. The van der Waals surface area contributed by atoms with Crippen molar-refractivity contribution in [2.45, 2.75) is 38.4 Å². The fourth-order valence-corrected chi connectivity index (χ4v) is 1.94. The highest BCUT2D eigenvalue weighted by molar-refractivity contribution is 7.99. The molecule has 1 rings (SSSR count). The Morgan fingerprint density at radius 1 is 1.32 bits per heavy atom. The van der Waals surface area contributed by atoms with Crippen molar-refractivity contribution in [2.75, 3.05) is 11.1 Å². The number of rotatable bonds is 6. The van der Waals surface area contributed by atoms with Gasteiger partial charge in [-0.15, -0.1) is 11.8 Å². The zero-order chi connectivity index (χ0) is 14.5. The van der Waals surface area contributed by atoms with Gasteiger partial charge in [0.15, 0.2) is 6.29 Å². The first-order valence-electron chi connectivity index (χ1n) is 6.25. The van der Waals surface area contributed by atoms with E-state index in [-0.39, 0.29) is 17.1 Å². The molecule has 1 amide bonds. The second-order valence-corrected chi connectivity index (χ2v) is 6.10. The Morgan fingerprint density at radius 2 is 1.89 bits per heavy atom. The molecule has 0 aliphatic rings. The van der Waals surface area contributed by atoms with Crippen LogP contribution >= 0.6 is 11.8 Å². The van der Waals surface area contributed by atoms with Gasteiger partial charge in [0.2, 0.25) is 5.91 Å². The van der Waals surface area contributed by atoms with Crippen LogP contribution in [0.2, 0.25) is 0 Å². The zero-order valence-electron chi connectivity index (χ0n) is 11.5. The highest BCUT2D eigenvalue weighted by Gasteiger charge is 2.25. The van der Waals surface area contributed by atoms with Crippen LogP contribution in [-0.2, 0) is 4.79 Å². The quantitative estimate of drug-likeness (QED) is 0.554. The van der Waals surface area contributed by atoms with E-state index < -0.39 is 6.29 Å². The van der Waals surface area contributed by atoms with Gasteiger partial charge in [-0.2, -0.15) is 0 Å². The summed E-state index contributed by atoms with van der Waals surface area (Å²) >= 11 is 1.35. The molecule has 0 aromatic heterocycles. The molecule has 0 atom stereocenters. The van der Waals surface area contributed by atoms with Crippen molar-refractivity contribution in [1.82, 2.24) is 0 Å². The van der Waals surface area contributed by atoms with Gasteiger partial charge in [-0.1, -0.05) is 20.8 Å². The Kier molecular flexibility index (Phi) is 5.85. The molecule has 1 aromatic rings. The van der Waals surface area contributed by atoms with Gasteiger partial charge in [0.05, 0.1) is 0 Å². The Hall–Kier alpha value is -1.04. The van der Waals surface area contributed by atoms with E-state index in [9.17, 15) is 4.79 Å². The predicted molar refractivity (Wildman–Crippen MR) is 78.1 cm³/mol. The average molecular weight is 283 g/mol. The summed E-state index contributed by atoms with van der Waals surface area (Å²) in [5.41, 5.74) is 0.370. The molecule has 0 saturated heterocycles. The average Bonchev–Trinajstić information content (AvgIpc) is 2.37. The Balaban J connectivity index is 2.60. The number of carbonyl (C=O) groups excluding carboxylic acids is 1. The van der Waals surface area contributed by atoms with E-state index in [2.05, 4.69) is 5.32 Å². The first-order valence-corrected chi connectivity index (χ1v) is 7.24. The molecule has 106 valence electrons. The van der Waals surface area contributed by atoms with Crippen LogP contribution in [-0.4, -0.2) is 28.2 Å². The smallest absolute Gasteiger partial charge is 0.230 e. The topological polar surface area (TPSA) is 69.6 Å². The van der Waals surface area contributed by atoms with Gasteiger partial charge in [-0.05, 0) is 30.7 Å². The molecule has 4 nitrogen and oxygen atoms in total. The Bertz CT molecular complexity index is 415. The fraction of sp³-hybridized carbons (Fsp3) is 0.500. The lowest BCUT2D eigenvalue weighted by molar-refractivity contribution is -0.124. The zero-order valence-corrected chi connectivity index (χ0v) is 12.3. The number of hydrogen-bond acceptors (Lipinski definition) is 4. The summed E-state index contributed by atoms with van der Waals surface area (Å²) in [4.78, 5) is 12.9. The van der Waals surface area contributed by atoms with Crippen molar-refractivity contribution >= 4 is 23.4 Å². The standard InChI is InChI=1S/C14H21NO3S/c1-4-14(2,3)13(18)15-10-5-7-11(8-6-10)19-9-12(16)17/h5-8,12,16-17H,4,9H2,1-3H3,(H,15,18). The molecule has 0 radical (unpaired) electrons. The monoisotopic (exact) mass is 283 g/mol. The summed E-state index contributed by atoms with van der Waals surface area (Å²) in [5, 5.41) is 20.4. The minimum atomic E-state index is -1.31. The molecule has 0 aliphatic heterocycles. The van der Waals surface area contributed by atoms with Crippen LogP contribution in [0.1, 0.15) is 27.2 Å². The number of anilines is 1. The minimum absolute atomic E-state index is 0.00110. The highest BCUT2D eigenvalue weighted by atomic mass is 32.2. The van der Waals surface area contributed by atoms with E-state index in [0.29, 0.717) is 0 Å². The van der Waals surface area contributed by atoms with Gasteiger partial charge in [-0.3, -0.25) is 4.79 Å². The summed E-state index contributed by atoms with van der Waals surface area (Å²) in [6.07, 6.45) is -0.532. The molecule has 0 spiro atoms. The van der Waals surface area contributed by atoms with Crippen molar-refractivity contribution in [1.29, 1.82) is 0 Å². The van der Waals surface area contributed by atoms with Crippen LogP contribution in [0.3, 0.4) is 0 Å². The molecular weight excluding hydrogens is 262 g/mol. The lowest BCUT2D eigenvalue weighted by atomic mass is 9.89. The number of aliphatic hydroxyl groups is 2. The van der Waals surface area contributed by atoms with E-state index >= 15 is 0 Å². The molecule has 5 heteroatoms. The third kappa shape index (κ3) is 5.22. The predicted octanol–water partition coefficient (Wildman–Crippen LogP) is 2.46. The maximum Gasteiger partial charge on any atom is 0.230 e. The van der Waals surface area contributed by atoms with Crippen LogP contribution in [0, 0.1) is 5.41 Å². The maximum atomic E-state index is 12.0. The van der Waals surface area contributed by atoms with Crippen molar-refractivity contribution in [3.05, 3.63) is 24.3 Å². The SMILES string of the molecule is CCC(C)(C)C(=O)Nc1ccc(SCC(O)O)cc1. The van der Waals surface area contributed by atoms with Crippen LogP contribution in [0.25, 0.3) is 0 Å². The Morgan fingerprint density at radius 3 is 2.37 bits per heavy atom. The van der Waals surface area contributed by atoms with E-state index in [1.165, 1.54) is 11.8 Å². The summed E-state index contributed by atoms with van der Waals surface area (Å²) in [6, 6.07) is 7.33. The van der Waals surface area contributed by atoms with Gasteiger partial charge in [0, 0.05) is 21.8 Å². The first-order chi connectivity index (χ1) is 8.85. The van der Waals surface area contributed by atoms with Gasteiger partial charge < -0.3 is 15.5 Å². The molecule has 0 unspecified atom stereocenters. The van der Waals surface area contributed by atoms with E-state index in [0.717, 1.165) is 17.0 Å². The van der Waals surface area contributed by atoms with Crippen LogP contribution in [0.4, 0.5) is 5.69 Å². The minimum Gasteiger partial charge on any atom is -0.367 e. The second-order valence-electron chi connectivity index (χ2n) is 5.01. The summed E-state index contributed by atoms with van der Waals surface area (Å²) in [6.45, 7) is 5.81. The third-order valence-corrected chi connectivity index (χ3v) is 4.08. The summed E-state index contributed by atoms with van der Waals surface area (Å²) in [7, 11) is 0.